The molecule has 36 heavy (non-hydrogen) atoms. The maximum absolute atomic E-state index is 13.4. The highest BCUT2D eigenvalue weighted by atomic mass is 16.5. The minimum atomic E-state index is -0.623. The molecule has 0 saturated carbocycles. The van der Waals surface area contributed by atoms with Gasteiger partial charge in [0.05, 0.1) is 0 Å². The van der Waals surface area contributed by atoms with Gasteiger partial charge in [-0.15, -0.1) is 0 Å². The monoisotopic (exact) mass is 474 g/mol. The number of esters is 2. The maximum atomic E-state index is 13.4. The van der Waals surface area contributed by atoms with Crippen molar-refractivity contribution in [3.8, 4) is 11.5 Å². The van der Waals surface area contributed by atoms with E-state index in [1.54, 1.807) is 30.3 Å². The number of carbonyl (C=O) groups is 3. The number of fused-ring (bicyclic) bond motifs is 3. The highest BCUT2D eigenvalue weighted by Gasteiger charge is 2.35. The van der Waals surface area contributed by atoms with E-state index in [9.17, 15) is 14.4 Å². The summed E-state index contributed by atoms with van der Waals surface area (Å²) in [5, 5.41) is 1.17. The second-order valence-corrected chi connectivity index (χ2v) is 8.53. The Morgan fingerprint density at radius 3 is 2.14 bits per heavy atom. The summed E-state index contributed by atoms with van der Waals surface area (Å²) < 4.78 is 11.5. The molecule has 5 heteroatoms. The molecule has 4 aromatic rings. The van der Waals surface area contributed by atoms with Gasteiger partial charge in [0, 0.05) is 45.5 Å². The molecule has 1 unspecified atom stereocenters. The second kappa shape index (κ2) is 9.12. The Hall–Kier alpha value is -4.77. The summed E-state index contributed by atoms with van der Waals surface area (Å²) in [6.07, 6.45) is 2.19. The number of aryl methyl sites for hydroxylation is 1. The van der Waals surface area contributed by atoms with E-state index >= 15 is 0 Å². The van der Waals surface area contributed by atoms with Gasteiger partial charge < -0.3 is 9.47 Å². The van der Waals surface area contributed by atoms with Gasteiger partial charge in [0.1, 0.15) is 11.5 Å². The van der Waals surface area contributed by atoms with E-state index in [0.29, 0.717) is 39.0 Å². The highest BCUT2D eigenvalue weighted by molar-refractivity contribution is 6.13. The van der Waals surface area contributed by atoms with Crippen LogP contribution in [-0.4, -0.2) is 17.7 Å². The van der Waals surface area contributed by atoms with E-state index in [-0.39, 0.29) is 5.78 Å². The lowest BCUT2D eigenvalue weighted by Crippen LogP contribution is -2.21. The summed E-state index contributed by atoms with van der Waals surface area (Å²) >= 11 is 0. The van der Waals surface area contributed by atoms with E-state index in [4.69, 9.17) is 9.47 Å². The van der Waals surface area contributed by atoms with Crippen LogP contribution in [0, 0.1) is 6.92 Å². The SMILES string of the molecule is C=CC(=O)Oc1cc(C2c3ccccc3C(=O)c3ccc(C)cc32)c(OC(=O)C=C)c2ccccc12. The van der Waals surface area contributed by atoms with Gasteiger partial charge in [-0.1, -0.05) is 85.5 Å². The minimum absolute atomic E-state index is 0.0689. The van der Waals surface area contributed by atoms with Gasteiger partial charge in [-0.3, -0.25) is 4.79 Å². The molecular weight excluding hydrogens is 452 g/mol. The number of ketones is 1. The Labute approximate surface area is 208 Å². The van der Waals surface area contributed by atoms with Crippen LogP contribution in [0.3, 0.4) is 0 Å². The van der Waals surface area contributed by atoms with Crippen LogP contribution in [-0.2, 0) is 9.59 Å². The van der Waals surface area contributed by atoms with Crippen LogP contribution in [0.4, 0.5) is 0 Å². The molecule has 0 spiro atoms. The molecule has 5 rings (SSSR count). The molecule has 1 aliphatic rings. The molecule has 0 aliphatic heterocycles. The van der Waals surface area contributed by atoms with Crippen LogP contribution in [0.2, 0.25) is 0 Å². The van der Waals surface area contributed by atoms with E-state index in [0.717, 1.165) is 28.8 Å². The summed E-state index contributed by atoms with van der Waals surface area (Å²) in [4.78, 5) is 38.1. The van der Waals surface area contributed by atoms with Crippen LogP contribution in [0.1, 0.15) is 44.1 Å². The van der Waals surface area contributed by atoms with Crippen molar-refractivity contribution in [1.29, 1.82) is 0 Å². The first-order valence-electron chi connectivity index (χ1n) is 11.4. The molecule has 1 atom stereocenters. The first kappa shape index (κ1) is 23.0. The zero-order valence-electron chi connectivity index (χ0n) is 19.6. The standard InChI is InChI=1S/C31H22O5/c1-4-27(32)35-26-17-25(31(36-28(33)5-2)23-13-9-6-10-19(23)26)29-20-11-7-8-12-21(20)30(34)22-15-14-18(3)16-24(22)29/h4-17,29H,1-2H2,3H3. The van der Waals surface area contributed by atoms with Crippen LogP contribution >= 0.6 is 0 Å². The van der Waals surface area contributed by atoms with E-state index in [1.807, 2.05) is 49.4 Å². The lowest BCUT2D eigenvalue weighted by molar-refractivity contribution is -0.130. The molecule has 0 amide bonds. The lowest BCUT2D eigenvalue weighted by Gasteiger charge is -2.30. The molecule has 0 fully saturated rings. The molecule has 4 aromatic carbocycles. The molecule has 176 valence electrons. The number of carbonyl (C=O) groups excluding carboxylic acids is 3. The third-order valence-electron chi connectivity index (χ3n) is 6.32. The Morgan fingerprint density at radius 2 is 1.39 bits per heavy atom. The average Bonchev–Trinajstić information content (AvgIpc) is 2.90. The van der Waals surface area contributed by atoms with E-state index < -0.39 is 17.9 Å². The van der Waals surface area contributed by atoms with Crippen molar-refractivity contribution in [3.63, 3.8) is 0 Å². The fraction of sp³-hybridized carbons (Fsp3) is 0.0645. The molecular formula is C31H22O5. The topological polar surface area (TPSA) is 69.7 Å². The van der Waals surface area contributed by atoms with Gasteiger partial charge in [0.2, 0.25) is 0 Å². The molecule has 0 bridgehead atoms. The smallest absolute Gasteiger partial charge is 0.335 e. The fourth-order valence-electron chi connectivity index (χ4n) is 4.77. The number of hydrogen-bond donors (Lipinski definition) is 0. The summed E-state index contributed by atoms with van der Waals surface area (Å²) in [6, 6.07) is 22.0. The van der Waals surface area contributed by atoms with Crippen molar-refractivity contribution >= 4 is 28.5 Å². The van der Waals surface area contributed by atoms with Gasteiger partial charge in [-0.2, -0.15) is 0 Å². The van der Waals surface area contributed by atoms with Crippen molar-refractivity contribution in [2.75, 3.05) is 0 Å². The van der Waals surface area contributed by atoms with Gasteiger partial charge in [0.25, 0.3) is 0 Å². The van der Waals surface area contributed by atoms with Crippen LogP contribution in [0.15, 0.2) is 98.1 Å². The minimum Gasteiger partial charge on any atom is -0.423 e. The Kier molecular flexibility index (Phi) is 5.82. The van der Waals surface area contributed by atoms with Crippen molar-refractivity contribution in [3.05, 3.63) is 131 Å². The normalized spacial score (nSPS) is 13.9. The lowest BCUT2D eigenvalue weighted by atomic mass is 9.73. The van der Waals surface area contributed by atoms with Gasteiger partial charge >= 0.3 is 11.9 Å². The van der Waals surface area contributed by atoms with Gasteiger partial charge in [-0.05, 0) is 24.1 Å². The zero-order chi connectivity index (χ0) is 25.4. The first-order valence-corrected chi connectivity index (χ1v) is 11.4. The number of benzene rings is 4. The fourth-order valence-corrected chi connectivity index (χ4v) is 4.77. The molecule has 1 aliphatic carbocycles. The predicted molar refractivity (Wildman–Crippen MR) is 138 cm³/mol. The summed E-state index contributed by atoms with van der Waals surface area (Å²) in [5.74, 6) is -1.16. The molecule has 0 aromatic heterocycles. The second-order valence-electron chi connectivity index (χ2n) is 8.53. The quantitative estimate of drug-likeness (QED) is 0.176. The van der Waals surface area contributed by atoms with E-state index in [2.05, 4.69) is 13.2 Å². The molecule has 0 heterocycles. The number of rotatable bonds is 5. The first-order chi connectivity index (χ1) is 17.4. The van der Waals surface area contributed by atoms with Crippen molar-refractivity contribution in [2.45, 2.75) is 12.8 Å². The molecule has 0 radical (unpaired) electrons. The number of ether oxygens (including phenoxy) is 2. The Balaban J connectivity index is 1.89. The zero-order valence-corrected chi connectivity index (χ0v) is 19.6. The van der Waals surface area contributed by atoms with Crippen molar-refractivity contribution in [1.82, 2.24) is 0 Å². The van der Waals surface area contributed by atoms with Crippen LogP contribution < -0.4 is 9.47 Å². The molecule has 0 saturated heterocycles. The Bertz CT molecular complexity index is 1590. The average molecular weight is 475 g/mol. The summed E-state index contributed by atoms with van der Waals surface area (Å²) in [7, 11) is 0. The van der Waals surface area contributed by atoms with Gasteiger partial charge in [0.15, 0.2) is 5.78 Å². The third kappa shape index (κ3) is 3.81. The summed E-state index contributed by atoms with van der Waals surface area (Å²) in [6.45, 7) is 9.00. The molecule has 5 nitrogen and oxygen atoms in total. The van der Waals surface area contributed by atoms with Crippen molar-refractivity contribution in [2.24, 2.45) is 0 Å². The van der Waals surface area contributed by atoms with Crippen LogP contribution in [0.25, 0.3) is 10.8 Å². The third-order valence-corrected chi connectivity index (χ3v) is 6.32. The maximum Gasteiger partial charge on any atom is 0.335 e. The van der Waals surface area contributed by atoms with E-state index in [1.165, 1.54) is 0 Å². The van der Waals surface area contributed by atoms with Crippen LogP contribution in [0.5, 0.6) is 11.5 Å². The predicted octanol–water partition coefficient (Wildman–Crippen LogP) is 6.06. The highest BCUT2D eigenvalue weighted by Crippen LogP contribution is 2.48. The molecule has 0 N–H and O–H groups in total. The van der Waals surface area contributed by atoms with Crippen molar-refractivity contribution < 1.29 is 23.9 Å². The summed E-state index contributed by atoms with van der Waals surface area (Å²) in [5.41, 5.74) is 4.26. The van der Waals surface area contributed by atoms with Gasteiger partial charge in [-0.25, -0.2) is 9.59 Å². The Morgan fingerprint density at radius 1 is 0.750 bits per heavy atom. The number of hydrogen-bond acceptors (Lipinski definition) is 5. The largest absolute Gasteiger partial charge is 0.423 e.